The highest BCUT2D eigenvalue weighted by Crippen LogP contribution is 2.47. The molecule has 4 nitrogen and oxygen atoms in total. The average Bonchev–Trinajstić information content (AvgIpc) is 2.85. The molecular weight excluding hydrogens is 256 g/mol. The van der Waals surface area contributed by atoms with Crippen molar-refractivity contribution >= 4 is 5.97 Å². The number of hydrogen-bond donors (Lipinski definition) is 0. The Morgan fingerprint density at radius 3 is 2.75 bits per heavy atom. The number of rotatable bonds is 4. The molecule has 1 aliphatic carbocycles. The van der Waals surface area contributed by atoms with Gasteiger partial charge in [-0.05, 0) is 18.4 Å². The highest BCUT2D eigenvalue weighted by Gasteiger charge is 2.55. The van der Waals surface area contributed by atoms with Crippen LogP contribution in [0.5, 0.6) is 0 Å². The first-order valence-corrected chi connectivity index (χ1v) is 7.11. The maximum absolute atomic E-state index is 11.7. The Morgan fingerprint density at radius 2 is 2.15 bits per heavy atom. The van der Waals surface area contributed by atoms with Gasteiger partial charge in [0.1, 0.15) is 0 Å². The zero-order chi connectivity index (χ0) is 14.0. The zero-order valence-corrected chi connectivity index (χ0v) is 11.7. The van der Waals surface area contributed by atoms with E-state index in [4.69, 9.17) is 14.2 Å². The summed E-state index contributed by atoms with van der Waals surface area (Å²) in [6, 6.07) is 10.1. The van der Waals surface area contributed by atoms with Crippen LogP contribution >= 0.6 is 0 Å². The standard InChI is InChI=1S/C16H20O4/c1-18-15(17)13-9-14(16(10-13)7-8-20-16)19-11-12-5-3-2-4-6-12/h2-6,13-14H,7-11H2,1H3. The van der Waals surface area contributed by atoms with Gasteiger partial charge in [-0.25, -0.2) is 0 Å². The first kappa shape index (κ1) is 13.6. The van der Waals surface area contributed by atoms with Gasteiger partial charge in [0.05, 0.1) is 37.9 Å². The third-order valence-corrected chi connectivity index (χ3v) is 4.42. The van der Waals surface area contributed by atoms with E-state index in [0.29, 0.717) is 13.0 Å². The Bertz CT molecular complexity index is 467. The van der Waals surface area contributed by atoms with Crippen molar-refractivity contribution in [2.24, 2.45) is 5.92 Å². The van der Waals surface area contributed by atoms with E-state index in [-0.39, 0.29) is 23.6 Å². The van der Waals surface area contributed by atoms with Crippen LogP contribution in [-0.4, -0.2) is 31.4 Å². The van der Waals surface area contributed by atoms with Gasteiger partial charge in [-0.2, -0.15) is 0 Å². The van der Waals surface area contributed by atoms with Crippen molar-refractivity contribution in [2.45, 2.75) is 37.6 Å². The molecule has 2 aliphatic rings. The Kier molecular flexibility index (Phi) is 3.76. The molecule has 0 bridgehead atoms. The van der Waals surface area contributed by atoms with E-state index in [9.17, 15) is 4.79 Å². The van der Waals surface area contributed by atoms with Crippen LogP contribution in [0.3, 0.4) is 0 Å². The lowest BCUT2D eigenvalue weighted by Crippen LogP contribution is -2.50. The van der Waals surface area contributed by atoms with Crippen LogP contribution in [0.1, 0.15) is 24.8 Å². The van der Waals surface area contributed by atoms with Crippen molar-refractivity contribution in [1.29, 1.82) is 0 Å². The van der Waals surface area contributed by atoms with E-state index < -0.39 is 0 Å². The third-order valence-electron chi connectivity index (χ3n) is 4.42. The van der Waals surface area contributed by atoms with Crippen molar-refractivity contribution in [2.75, 3.05) is 13.7 Å². The van der Waals surface area contributed by atoms with Gasteiger partial charge in [-0.15, -0.1) is 0 Å². The number of ether oxygens (including phenoxy) is 3. The minimum atomic E-state index is -0.256. The molecule has 0 N–H and O–H groups in total. The Morgan fingerprint density at radius 1 is 1.40 bits per heavy atom. The topological polar surface area (TPSA) is 44.8 Å². The molecule has 0 amide bonds. The number of hydrogen-bond acceptors (Lipinski definition) is 4. The summed E-state index contributed by atoms with van der Waals surface area (Å²) in [5, 5.41) is 0. The van der Waals surface area contributed by atoms with E-state index in [0.717, 1.165) is 25.0 Å². The van der Waals surface area contributed by atoms with Gasteiger partial charge in [-0.3, -0.25) is 4.79 Å². The maximum Gasteiger partial charge on any atom is 0.308 e. The molecule has 1 saturated carbocycles. The highest BCUT2D eigenvalue weighted by atomic mass is 16.6. The first-order chi connectivity index (χ1) is 9.73. The predicted octanol–water partition coefficient (Wildman–Crippen LogP) is 2.31. The smallest absolute Gasteiger partial charge is 0.308 e. The van der Waals surface area contributed by atoms with Crippen molar-refractivity contribution in [3.05, 3.63) is 35.9 Å². The van der Waals surface area contributed by atoms with E-state index in [2.05, 4.69) is 0 Å². The second-order valence-electron chi connectivity index (χ2n) is 5.61. The number of esters is 1. The number of benzene rings is 1. The Labute approximate surface area is 119 Å². The highest BCUT2D eigenvalue weighted by molar-refractivity contribution is 5.73. The summed E-state index contributed by atoms with van der Waals surface area (Å²) in [4.78, 5) is 11.7. The summed E-state index contributed by atoms with van der Waals surface area (Å²) in [5.41, 5.74) is 0.886. The molecule has 2 fully saturated rings. The summed E-state index contributed by atoms with van der Waals surface area (Å²) in [5.74, 6) is -0.244. The van der Waals surface area contributed by atoms with Crippen LogP contribution in [0, 0.1) is 5.92 Å². The SMILES string of the molecule is COC(=O)C1CC(OCc2ccccc2)C2(CCO2)C1. The van der Waals surface area contributed by atoms with Crippen LogP contribution < -0.4 is 0 Å². The first-order valence-electron chi connectivity index (χ1n) is 7.11. The summed E-state index contributed by atoms with van der Waals surface area (Å²) >= 11 is 0. The summed E-state index contributed by atoms with van der Waals surface area (Å²) in [7, 11) is 1.44. The minimum Gasteiger partial charge on any atom is -0.469 e. The predicted molar refractivity (Wildman–Crippen MR) is 73.1 cm³/mol. The fraction of sp³-hybridized carbons (Fsp3) is 0.562. The molecular formula is C16H20O4. The fourth-order valence-electron chi connectivity index (χ4n) is 3.22. The average molecular weight is 276 g/mol. The molecule has 3 unspecified atom stereocenters. The van der Waals surface area contributed by atoms with Crippen molar-refractivity contribution in [1.82, 2.24) is 0 Å². The van der Waals surface area contributed by atoms with Crippen LogP contribution in [0.15, 0.2) is 30.3 Å². The molecule has 1 saturated heterocycles. The van der Waals surface area contributed by atoms with E-state index in [1.54, 1.807) is 0 Å². The lowest BCUT2D eigenvalue weighted by molar-refractivity contribution is -0.207. The van der Waals surface area contributed by atoms with Crippen LogP contribution in [0.4, 0.5) is 0 Å². The van der Waals surface area contributed by atoms with Gasteiger partial charge in [0.25, 0.3) is 0 Å². The Hall–Kier alpha value is -1.39. The van der Waals surface area contributed by atoms with Gasteiger partial charge in [-0.1, -0.05) is 30.3 Å². The van der Waals surface area contributed by atoms with Gasteiger partial charge in [0.15, 0.2) is 0 Å². The summed E-state index contributed by atoms with van der Waals surface area (Å²) < 4.78 is 16.7. The molecule has 0 aromatic heterocycles. The maximum atomic E-state index is 11.7. The molecule has 20 heavy (non-hydrogen) atoms. The zero-order valence-electron chi connectivity index (χ0n) is 11.7. The van der Waals surface area contributed by atoms with E-state index >= 15 is 0 Å². The second-order valence-corrected chi connectivity index (χ2v) is 5.61. The van der Waals surface area contributed by atoms with Gasteiger partial charge >= 0.3 is 5.97 Å². The lowest BCUT2D eigenvalue weighted by atomic mass is 9.90. The molecule has 4 heteroatoms. The third kappa shape index (κ3) is 2.45. The van der Waals surface area contributed by atoms with Crippen LogP contribution in [0.2, 0.25) is 0 Å². The second kappa shape index (κ2) is 5.54. The molecule has 3 atom stereocenters. The van der Waals surface area contributed by atoms with Gasteiger partial charge in [0, 0.05) is 6.42 Å². The van der Waals surface area contributed by atoms with Crippen molar-refractivity contribution in [3.8, 4) is 0 Å². The number of methoxy groups -OCH3 is 1. The van der Waals surface area contributed by atoms with E-state index in [1.807, 2.05) is 30.3 Å². The van der Waals surface area contributed by atoms with E-state index in [1.165, 1.54) is 7.11 Å². The van der Waals surface area contributed by atoms with Crippen molar-refractivity contribution < 1.29 is 19.0 Å². The van der Waals surface area contributed by atoms with Gasteiger partial charge in [0.2, 0.25) is 0 Å². The fourth-order valence-corrected chi connectivity index (χ4v) is 3.22. The molecule has 1 spiro atoms. The van der Waals surface area contributed by atoms with Gasteiger partial charge < -0.3 is 14.2 Å². The quantitative estimate of drug-likeness (QED) is 0.792. The minimum absolute atomic E-state index is 0.0134. The van der Waals surface area contributed by atoms with Crippen LogP contribution in [0.25, 0.3) is 0 Å². The normalized spacial score (nSPS) is 32.0. The van der Waals surface area contributed by atoms with Crippen molar-refractivity contribution in [3.63, 3.8) is 0 Å². The molecule has 1 aromatic rings. The molecule has 1 aliphatic heterocycles. The van der Waals surface area contributed by atoms with Crippen LogP contribution in [-0.2, 0) is 25.6 Å². The molecule has 1 aromatic carbocycles. The largest absolute Gasteiger partial charge is 0.469 e. The molecule has 3 rings (SSSR count). The Balaban J connectivity index is 1.64. The number of carbonyl (C=O) groups excluding carboxylic acids is 1. The lowest BCUT2D eigenvalue weighted by Gasteiger charge is -2.43. The molecule has 108 valence electrons. The summed E-state index contributed by atoms with van der Waals surface area (Å²) in [6.07, 6.45) is 2.37. The molecule has 0 radical (unpaired) electrons. The summed E-state index contributed by atoms with van der Waals surface area (Å²) in [6.45, 7) is 1.32. The molecule has 1 heterocycles. The monoisotopic (exact) mass is 276 g/mol. The number of carbonyl (C=O) groups is 1.